The summed E-state index contributed by atoms with van der Waals surface area (Å²) in [7, 11) is 1.62. The van der Waals surface area contributed by atoms with Gasteiger partial charge < -0.3 is 26.0 Å². The first-order valence-corrected chi connectivity index (χ1v) is 12.0. The van der Waals surface area contributed by atoms with Crippen molar-refractivity contribution in [2.24, 2.45) is 5.92 Å². The maximum absolute atomic E-state index is 13.1. The highest BCUT2D eigenvalue weighted by Crippen LogP contribution is 2.40. The molecule has 1 saturated heterocycles. The standard InChI is InChI=1S/C21H34ClF3N4O3/c1-26-19(30)18-11-15(8-9-27-18)32-14-5-2-12(3-6-14)28-20(31)29-13-4-7-17(22)16(10-13)21(23,24)25/h12-18,27H,2-11H2,1H3,(H,26,30)(H2,28,29,31). The number of halogens is 4. The largest absolute Gasteiger partial charge is 0.393 e. The molecule has 4 N–H and O–H groups in total. The number of amides is 3. The normalized spacial score (nSPS) is 36.2. The van der Waals surface area contributed by atoms with E-state index in [9.17, 15) is 22.8 Å². The van der Waals surface area contributed by atoms with Crippen LogP contribution in [0.3, 0.4) is 0 Å². The van der Waals surface area contributed by atoms with Crippen LogP contribution in [-0.2, 0) is 9.53 Å². The Morgan fingerprint density at radius 2 is 1.59 bits per heavy atom. The number of likely N-dealkylation sites (N-methyl/N-ethyl adjacent to an activating group) is 1. The summed E-state index contributed by atoms with van der Waals surface area (Å²) in [6.45, 7) is 0.737. The van der Waals surface area contributed by atoms with Gasteiger partial charge in [0.25, 0.3) is 0 Å². The molecule has 3 rings (SSSR count). The van der Waals surface area contributed by atoms with E-state index in [4.69, 9.17) is 16.3 Å². The molecule has 32 heavy (non-hydrogen) atoms. The summed E-state index contributed by atoms with van der Waals surface area (Å²) >= 11 is 5.86. The summed E-state index contributed by atoms with van der Waals surface area (Å²) in [5.41, 5.74) is 0. The molecule has 0 bridgehead atoms. The van der Waals surface area contributed by atoms with E-state index in [1.807, 2.05) is 0 Å². The second-order valence-electron chi connectivity index (χ2n) is 9.17. The van der Waals surface area contributed by atoms with E-state index in [-0.39, 0.29) is 43.0 Å². The van der Waals surface area contributed by atoms with Gasteiger partial charge in [-0.25, -0.2) is 4.79 Å². The first-order chi connectivity index (χ1) is 15.2. The van der Waals surface area contributed by atoms with Gasteiger partial charge in [0, 0.05) is 24.5 Å². The molecule has 3 amide bonds. The number of alkyl halides is 4. The SMILES string of the molecule is CNC(=O)C1CC(OC2CCC(NC(=O)NC3CCC(Cl)C(C(F)(F)F)C3)CC2)CCN1. The zero-order valence-corrected chi connectivity index (χ0v) is 19.1. The fraction of sp³-hybridized carbons (Fsp3) is 0.905. The van der Waals surface area contributed by atoms with Gasteiger partial charge in [-0.15, -0.1) is 11.6 Å². The van der Waals surface area contributed by atoms with Crippen LogP contribution in [0.5, 0.6) is 0 Å². The molecule has 0 aromatic rings. The highest BCUT2D eigenvalue weighted by molar-refractivity contribution is 6.20. The van der Waals surface area contributed by atoms with Crippen molar-refractivity contribution in [3.05, 3.63) is 0 Å². The lowest BCUT2D eigenvalue weighted by atomic mass is 9.85. The van der Waals surface area contributed by atoms with Gasteiger partial charge in [0.2, 0.25) is 5.91 Å². The van der Waals surface area contributed by atoms with Gasteiger partial charge in [-0.3, -0.25) is 4.79 Å². The first kappa shape index (κ1) is 25.4. The van der Waals surface area contributed by atoms with Crippen LogP contribution in [0.1, 0.15) is 57.8 Å². The van der Waals surface area contributed by atoms with Crippen molar-refractivity contribution in [1.29, 1.82) is 0 Å². The number of piperidine rings is 1. The molecule has 2 saturated carbocycles. The van der Waals surface area contributed by atoms with Crippen LogP contribution < -0.4 is 21.3 Å². The summed E-state index contributed by atoms with van der Waals surface area (Å²) in [5, 5.41) is 10.5. The van der Waals surface area contributed by atoms with E-state index in [2.05, 4.69) is 21.3 Å². The lowest BCUT2D eigenvalue weighted by Crippen LogP contribution is -2.51. The first-order valence-electron chi connectivity index (χ1n) is 11.5. The molecule has 0 aromatic heterocycles. The average molecular weight is 483 g/mol. The zero-order valence-electron chi connectivity index (χ0n) is 18.3. The quantitative estimate of drug-likeness (QED) is 0.453. The number of nitrogens with one attached hydrogen (secondary N) is 4. The van der Waals surface area contributed by atoms with Gasteiger partial charge in [-0.1, -0.05) is 0 Å². The Balaban J connectivity index is 1.37. The summed E-state index contributed by atoms with van der Waals surface area (Å²) in [5.74, 6) is -1.62. The fourth-order valence-electron chi connectivity index (χ4n) is 5.01. The molecule has 11 heteroatoms. The van der Waals surface area contributed by atoms with Crippen LogP contribution in [0.15, 0.2) is 0 Å². The minimum atomic E-state index is -4.35. The lowest BCUT2D eigenvalue weighted by molar-refractivity contribution is -0.182. The van der Waals surface area contributed by atoms with Crippen LogP contribution >= 0.6 is 11.6 Å². The van der Waals surface area contributed by atoms with Crippen LogP contribution in [-0.4, -0.2) is 67.4 Å². The fourth-order valence-corrected chi connectivity index (χ4v) is 5.38. The van der Waals surface area contributed by atoms with Crippen molar-refractivity contribution in [3.8, 4) is 0 Å². The lowest BCUT2D eigenvalue weighted by Gasteiger charge is -2.36. The van der Waals surface area contributed by atoms with Gasteiger partial charge in [-0.05, 0) is 64.3 Å². The van der Waals surface area contributed by atoms with Crippen molar-refractivity contribution in [2.45, 2.75) is 99.7 Å². The minimum absolute atomic E-state index is 0.0238. The molecule has 1 heterocycles. The van der Waals surface area contributed by atoms with Crippen LogP contribution in [0.25, 0.3) is 0 Å². The second-order valence-corrected chi connectivity index (χ2v) is 9.73. The third kappa shape index (κ3) is 7.12. The molecule has 5 atom stereocenters. The Labute approximate surface area is 191 Å². The molecule has 3 aliphatic rings. The third-order valence-electron chi connectivity index (χ3n) is 6.83. The maximum Gasteiger partial charge on any atom is 0.393 e. The van der Waals surface area contributed by atoms with E-state index >= 15 is 0 Å². The number of hydrogen-bond donors (Lipinski definition) is 4. The monoisotopic (exact) mass is 482 g/mol. The van der Waals surface area contributed by atoms with Gasteiger partial charge in [0.1, 0.15) is 0 Å². The molecule has 1 aliphatic heterocycles. The third-order valence-corrected chi connectivity index (χ3v) is 7.36. The highest BCUT2D eigenvalue weighted by atomic mass is 35.5. The number of ether oxygens (including phenoxy) is 1. The Morgan fingerprint density at radius 3 is 2.25 bits per heavy atom. The predicted molar refractivity (Wildman–Crippen MR) is 115 cm³/mol. The Morgan fingerprint density at radius 1 is 0.938 bits per heavy atom. The number of rotatable bonds is 5. The summed E-state index contributed by atoms with van der Waals surface area (Å²) < 4.78 is 45.6. The zero-order chi connectivity index (χ0) is 23.3. The summed E-state index contributed by atoms with van der Waals surface area (Å²) in [4.78, 5) is 24.2. The smallest absolute Gasteiger partial charge is 0.375 e. The average Bonchev–Trinajstić information content (AvgIpc) is 2.75. The molecule has 0 radical (unpaired) electrons. The topological polar surface area (TPSA) is 91.5 Å². The van der Waals surface area contributed by atoms with E-state index in [1.54, 1.807) is 7.05 Å². The van der Waals surface area contributed by atoms with Gasteiger partial charge in [0.15, 0.2) is 0 Å². The van der Waals surface area contributed by atoms with Crippen LogP contribution in [0, 0.1) is 5.92 Å². The molecular formula is C21H34ClF3N4O3. The van der Waals surface area contributed by atoms with Crippen molar-refractivity contribution < 1.29 is 27.5 Å². The van der Waals surface area contributed by atoms with Crippen molar-refractivity contribution in [2.75, 3.05) is 13.6 Å². The minimum Gasteiger partial charge on any atom is -0.375 e. The second kappa shape index (κ2) is 11.2. The van der Waals surface area contributed by atoms with Gasteiger partial charge in [0.05, 0.1) is 24.2 Å². The Hall–Kier alpha value is -1.26. The van der Waals surface area contributed by atoms with E-state index in [0.29, 0.717) is 12.8 Å². The number of carbonyl (C=O) groups is 2. The summed E-state index contributed by atoms with van der Waals surface area (Å²) in [6, 6.07) is -1.19. The maximum atomic E-state index is 13.1. The van der Waals surface area contributed by atoms with Gasteiger partial charge >= 0.3 is 12.2 Å². The molecule has 5 unspecified atom stereocenters. The molecule has 7 nitrogen and oxygen atoms in total. The Kier molecular flexibility index (Phi) is 8.91. The molecule has 2 aliphatic carbocycles. The number of carbonyl (C=O) groups excluding carboxylic acids is 2. The van der Waals surface area contributed by atoms with Crippen LogP contribution in [0.2, 0.25) is 0 Å². The Bertz CT molecular complexity index is 646. The molecule has 0 aromatic carbocycles. The summed E-state index contributed by atoms with van der Waals surface area (Å²) in [6.07, 6.45) is 0.879. The van der Waals surface area contributed by atoms with Crippen molar-refractivity contribution in [3.63, 3.8) is 0 Å². The predicted octanol–water partition coefficient (Wildman–Crippen LogP) is 2.82. The molecular weight excluding hydrogens is 449 g/mol. The van der Waals surface area contributed by atoms with E-state index < -0.39 is 29.5 Å². The van der Waals surface area contributed by atoms with E-state index in [1.165, 1.54) is 0 Å². The van der Waals surface area contributed by atoms with Crippen LogP contribution in [0.4, 0.5) is 18.0 Å². The molecule has 184 valence electrons. The molecule has 0 spiro atoms. The van der Waals surface area contributed by atoms with E-state index in [0.717, 1.165) is 38.6 Å². The molecule has 3 fully saturated rings. The van der Waals surface area contributed by atoms with Gasteiger partial charge in [-0.2, -0.15) is 13.2 Å². The number of hydrogen-bond acceptors (Lipinski definition) is 4. The van der Waals surface area contributed by atoms with Crippen molar-refractivity contribution >= 4 is 23.5 Å². The number of urea groups is 1. The highest BCUT2D eigenvalue weighted by Gasteiger charge is 2.47. The van der Waals surface area contributed by atoms with Crippen molar-refractivity contribution in [1.82, 2.24) is 21.3 Å².